The summed E-state index contributed by atoms with van der Waals surface area (Å²) in [5.41, 5.74) is 0. The first kappa shape index (κ1) is 11.4. The van der Waals surface area contributed by atoms with E-state index in [2.05, 4.69) is 24.2 Å². The molecule has 2 unspecified atom stereocenters. The highest BCUT2D eigenvalue weighted by atomic mass is 15.2. The van der Waals surface area contributed by atoms with Gasteiger partial charge in [-0.25, -0.2) is 0 Å². The first-order valence-electron chi connectivity index (χ1n) is 6.78. The van der Waals surface area contributed by atoms with Gasteiger partial charge in [0.1, 0.15) is 0 Å². The van der Waals surface area contributed by atoms with Crippen molar-refractivity contribution in [1.82, 2.24) is 10.2 Å². The Morgan fingerprint density at radius 2 is 1.87 bits per heavy atom. The molecule has 0 aromatic rings. The van der Waals surface area contributed by atoms with Crippen LogP contribution in [0.3, 0.4) is 0 Å². The standard InChI is InChI=1S/C13H26N2/c1-3-4-8-15-12-6-5-7-13(15)10-11(9-12)14-2/h11-14H,3-10H2,1-2H3. The molecule has 1 N–H and O–H groups in total. The third-order valence-corrected chi connectivity index (χ3v) is 4.30. The van der Waals surface area contributed by atoms with E-state index in [1.165, 1.54) is 51.5 Å². The van der Waals surface area contributed by atoms with Gasteiger partial charge in [0.15, 0.2) is 0 Å². The molecule has 0 aliphatic carbocycles. The molecule has 0 radical (unpaired) electrons. The largest absolute Gasteiger partial charge is 0.317 e. The topological polar surface area (TPSA) is 15.3 Å². The third kappa shape index (κ3) is 2.54. The molecule has 2 rings (SSSR count). The van der Waals surface area contributed by atoms with Crippen LogP contribution in [0, 0.1) is 0 Å². The van der Waals surface area contributed by atoms with Gasteiger partial charge < -0.3 is 5.32 Å². The zero-order valence-electron chi connectivity index (χ0n) is 10.3. The van der Waals surface area contributed by atoms with E-state index in [0.717, 1.165) is 18.1 Å². The summed E-state index contributed by atoms with van der Waals surface area (Å²) < 4.78 is 0. The van der Waals surface area contributed by atoms with Gasteiger partial charge in [-0.05, 0) is 45.7 Å². The van der Waals surface area contributed by atoms with Gasteiger partial charge in [-0.3, -0.25) is 4.90 Å². The summed E-state index contributed by atoms with van der Waals surface area (Å²) in [6.07, 6.45) is 9.85. The Morgan fingerprint density at radius 3 is 2.40 bits per heavy atom. The van der Waals surface area contributed by atoms with Gasteiger partial charge in [-0.15, -0.1) is 0 Å². The molecule has 2 aliphatic rings. The lowest BCUT2D eigenvalue weighted by Crippen LogP contribution is -2.55. The maximum atomic E-state index is 3.48. The lowest BCUT2D eigenvalue weighted by Gasteiger charge is -2.49. The maximum Gasteiger partial charge on any atom is 0.0113 e. The fourth-order valence-corrected chi connectivity index (χ4v) is 3.42. The van der Waals surface area contributed by atoms with Crippen LogP contribution in [0.25, 0.3) is 0 Å². The molecule has 2 aliphatic heterocycles. The molecule has 15 heavy (non-hydrogen) atoms. The minimum Gasteiger partial charge on any atom is -0.317 e. The molecule has 2 heteroatoms. The van der Waals surface area contributed by atoms with Crippen LogP contribution < -0.4 is 5.32 Å². The summed E-state index contributed by atoms with van der Waals surface area (Å²) in [5.74, 6) is 0. The molecule has 0 aromatic carbocycles. The van der Waals surface area contributed by atoms with Gasteiger partial charge in [-0.1, -0.05) is 19.8 Å². The Balaban J connectivity index is 1.94. The Morgan fingerprint density at radius 1 is 1.20 bits per heavy atom. The van der Waals surface area contributed by atoms with E-state index < -0.39 is 0 Å². The average molecular weight is 210 g/mol. The van der Waals surface area contributed by atoms with Crippen molar-refractivity contribution in [2.75, 3.05) is 13.6 Å². The lowest BCUT2D eigenvalue weighted by atomic mass is 9.81. The van der Waals surface area contributed by atoms with Crippen molar-refractivity contribution < 1.29 is 0 Å². The van der Waals surface area contributed by atoms with Crippen LogP contribution >= 0.6 is 0 Å². The van der Waals surface area contributed by atoms with Crippen LogP contribution in [0.1, 0.15) is 51.9 Å². The third-order valence-electron chi connectivity index (χ3n) is 4.30. The van der Waals surface area contributed by atoms with Gasteiger partial charge in [0.05, 0.1) is 0 Å². The van der Waals surface area contributed by atoms with Crippen molar-refractivity contribution in [2.45, 2.75) is 70.0 Å². The van der Waals surface area contributed by atoms with Crippen molar-refractivity contribution in [3.63, 3.8) is 0 Å². The smallest absolute Gasteiger partial charge is 0.0113 e. The summed E-state index contributed by atoms with van der Waals surface area (Å²) in [7, 11) is 2.13. The van der Waals surface area contributed by atoms with Crippen LogP contribution in [0.4, 0.5) is 0 Å². The molecular formula is C13H26N2. The van der Waals surface area contributed by atoms with E-state index in [1.807, 2.05) is 0 Å². The Hall–Kier alpha value is -0.0800. The molecule has 0 spiro atoms. The molecule has 0 aromatic heterocycles. The number of unbranched alkanes of at least 4 members (excludes halogenated alkanes) is 1. The van der Waals surface area contributed by atoms with E-state index in [4.69, 9.17) is 0 Å². The monoisotopic (exact) mass is 210 g/mol. The Kier molecular flexibility index (Phi) is 4.04. The second-order valence-electron chi connectivity index (χ2n) is 5.29. The predicted octanol–water partition coefficient (Wildman–Crippen LogP) is 2.39. The van der Waals surface area contributed by atoms with Gasteiger partial charge in [0.2, 0.25) is 0 Å². The Labute approximate surface area is 94.4 Å². The summed E-state index contributed by atoms with van der Waals surface area (Å²) in [6, 6.07) is 2.57. The Bertz CT molecular complexity index is 179. The van der Waals surface area contributed by atoms with Crippen LogP contribution in [0.5, 0.6) is 0 Å². The number of nitrogens with one attached hydrogen (secondary N) is 1. The van der Waals surface area contributed by atoms with E-state index in [1.54, 1.807) is 0 Å². The summed E-state index contributed by atoms with van der Waals surface area (Å²) in [4.78, 5) is 2.82. The number of rotatable bonds is 4. The molecule has 0 saturated carbocycles. The average Bonchev–Trinajstić information content (AvgIpc) is 2.25. The minimum atomic E-state index is 0.790. The van der Waals surface area contributed by atoms with Crippen molar-refractivity contribution >= 4 is 0 Å². The first-order valence-corrected chi connectivity index (χ1v) is 6.78. The zero-order valence-corrected chi connectivity index (χ0v) is 10.3. The summed E-state index contributed by atoms with van der Waals surface area (Å²) in [5, 5.41) is 3.48. The molecule has 2 fully saturated rings. The molecule has 2 bridgehead atoms. The zero-order chi connectivity index (χ0) is 10.7. The van der Waals surface area contributed by atoms with Crippen LogP contribution in [-0.2, 0) is 0 Å². The number of hydrogen-bond donors (Lipinski definition) is 1. The number of fused-ring (bicyclic) bond motifs is 2. The molecule has 2 atom stereocenters. The second kappa shape index (κ2) is 5.31. The molecular weight excluding hydrogens is 184 g/mol. The quantitative estimate of drug-likeness (QED) is 0.766. The van der Waals surface area contributed by atoms with Crippen molar-refractivity contribution in [2.24, 2.45) is 0 Å². The van der Waals surface area contributed by atoms with Crippen molar-refractivity contribution in [3.05, 3.63) is 0 Å². The minimum absolute atomic E-state index is 0.790. The molecule has 2 heterocycles. The van der Waals surface area contributed by atoms with Crippen LogP contribution in [0.2, 0.25) is 0 Å². The van der Waals surface area contributed by atoms with E-state index in [0.29, 0.717) is 0 Å². The van der Waals surface area contributed by atoms with E-state index in [9.17, 15) is 0 Å². The van der Waals surface area contributed by atoms with Gasteiger partial charge in [-0.2, -0.15) is 0 Å². The molecule has 2 saturated heterocycles. The maximum absolute atomic E-state index is 3.48. The van der Waals surface area contributed by atoms with Crippen molar-refractivity contribution in [1.29, 1.82) is 0 Å². The fourth-order valence-electron chi connectivity index (χ4n) is 3.42. The van der Waals surface area contributed by atoms with Gasteiger partial charge in [0, 0.05) is 18.1 Å². The fraction of sp³-hybridized carbons (Fsp3) is 1.00. The van der Waals surface area contributed by atoms with E-state index in [-0.39, 0.29) is 0 Å². The van der Waals surface area contributed by atoms with Crippen molar-refractivity contribution in [3.8, 4) is 0 Å². The second-order valence-corrected chi connectivity index (χ2v) is 5.29. The highest BCUT2D eigenvalue weighted by Crippen LogP contribution is 2.33. The number of piperidine rings is 2. The summed E-state index contributed by atoms with van der Waals surface area (Å²) in [6.45, 7) is 3.65. The molecule has 2 nitrogen and oxygen atoms in total. The normalized spacial score (nSPS) is 36.8. The van der Waals surface area contributed by atoms with Gasteiger partial charge >= 0.3 is 0 Å². The van der Waals surface area contributed by atoms with Gasteiger partial charge in [0.25, 0.3) is 0 Å². The highest BCUT2D eigenvalue weighted by Gasteiger charge is 2.36. The highest BCUT2D eigenvalue weighted by molar-refractivity contribution is 4.94. The van der Waals surface area contributed by atoms with E-state index >= 15 is 0 Å². The SMILES string of the molecule is CCCCN1C2CCCC1CC(NC)C2. The predicted molar refractivity (Wildman–Crippen MR) is 65.1 cm³/mol. The number of hydrogen-bond acceptors (Lipinski definition) is 2. The lowest BCUT2D eigenvalue weighted by molar-refractivity contribution is 0.0251. The molecule has 0 amide bonds. The first-order chi connectivity index (χ1) is 7.35. The summed E-state index contributed by atoms with van der Waals surface area (Å²) >= 11 is 0. The molecule has 88 valence electrons. The van der Waals surface area contributed by atoms with Crippen LogP contribution in [-0.4, -0.2) is 36.6 Å². The van der Waals surface area contributed by atoms with Crippen LogP contribution in [0.15, 0.2) is 0 Å². The number of nitrogens with zero attached hydrogens (tertiary/aromatic N) is 1.